The van der Waals surface area contributed by atoms with E-state index in [4.69, 9.17) is 10.5 Å². The Bertz CT molecular complexity index is 236. The van der Waals surface area contributed by atoms with E-state index in [0.29, 0.717) is 12.6 Å². The third kappa shape index (κ3) is 5.02. The quantitative estimate of drug-likeness (QED) is 0.635. The first-order chi connectivity index (χ1) is 8.17. The third-order valence-electron chi connectivity index (χ3n) is 3.27. The van der Waals surface area contributed by atoms with Gasteiger partial charge in [-0.05, 0) is 13.3 Å². The minimum atomic E-state index is -0.234. The lowest BCUT2D eigenvalue weighted by Gasteiger charge is -2.40. The Labute approximate surface area is 104 Å². The fourth-order valence-electron chi connectivity index (χ4n) is 2.33. The van der Waals surface area contributed by atoms with Gasteiger partial charge >= 0.3 is 0 Å². The van der Waals surface area contributed by atoms with Crippen molar-refractivity contribution >= 4 is 5.91 Å². The molecular formula is C12H25N3O2. The molecule has 0 aromatic heterocycles. The fraction of sp³-hybridized carbons (Fsp3) is 0.917. The van der Waals surface area contributed by atoms with Crippen LogP contribution in [-0.4, -0.2) is 67.7 Å². The number of nitrogens with two attached hydrogens (primary N) is 1. The molecule has 0 spiro atoms. The van der Waals surface area contributed by atoms with Crippen LogP contribution in [0.5, 0.6) is 0 Å². The summed E-state index contributed by atoms with van der Waals surface area (Å²) in [5, 5.41) is 0. The summed E-state index contributed by atoms with van der Waals surface area (Å²) in [7, 11) is 0. The number of hydrogen-bond acceptors (Lipinski definition) is 4. The molecule has 1 heterocycles. The predicted octanol–water partition coefficient (Wildman–Crippen LogP) is -0.0956. The lowest BCUT2D eigenvalue weighted by Crippen LogP contribution is -2.55. The molecule has 1 amide bonds. The molecule has 0 saturated carbocycles. The zero-order valence-electron chi connectivity index (χ0n) is 11.0. The van der Waals surface area contributed by atoms with Crippen LogP contribution >= 0.6 is 0 Å². The van der Waals surface area contributed by atoms with Gasteiger partial charge in [0, 0.05) is 38.8 Å². The number of amides is 1. The molecule has 0 radical (unpaired) electrons. The molecule has 100 valence electrons. The van der Waals surface area contributed by atoms with Gasteiger partial charge in [0.2, 0.25) is 5.91 Å². The van der Waals surface area contributed by atoms with E-state index in [1.807, 2.05) is 6.92 Å². The maximum absolute atomic E-state index is 10.9. The second-order valence-electron chi connectivity index (χ2n) is 4.50. The monoisotopic (exact) mass is 243 g/mol. The molecule has 5 heteroatoms. The van der Waals surface area contributed by atoms with E-state index in [1.54, 1.807) is 0 Å². The summed E-state index contributed by atoms with van der Waals surface area (Å²) >= 11 is 0. The second-order valence-corrected chi connectivity index (χ2v) is 4.50. The van der Waals surface area contributed by atoms with Gasteiger partial charge in [-0.3, -0.25) is 14.6 Å². The van der Waals surface area contributed by atoms with Crippen molar-refractivity contribution in [3.05, 3.63) is 0 Å². The Morgan fingerprint density at radius 2 is 2.18 bits per heavy atom. The second kappa shape index (κ2) is 7.63. The number of piperazine rings is 1. The van der Waals surface area contributed by atoms with Crippen molar-refractivity contribution in [1.29, 1.82) is 0 Å². The SMILES string of the molecule is CCOCCN1CCN(CC(N)=O)CC1CC. The summed E-state index contributed by atoms with van der Waals surface area (Å²) < 4.78 is 5.39. The fourth-order valence-corrected chi connectivity index (χ4v) is 2.33. The van der Waals surface area contributed by atoms with Gasteiger partial charge in [-0.15, -0.1) is 0 Å². The summed E-state index contributed by atoms with van der Waals surface area (Å²) in [6, 6.07) is 0.517. The van der Waals surface area contributed by atoms with Crippen LogP contribution in [0.3, 0.4) is 0 Å². The van der Waals surface area contributed by atoms with Gasteiger partial charge in [-0.25, -0.2) is 0 Å². The van der Waals surface area contributed by atoms with E-state index >= 15 is 0 Å². The molecule has 1 rings (SSSR count). The molecule has 1 aliphatic heterocycles. The van der Waals surface area contributed by atoms with E-state index < -0.39 is 0 Å². The van der Waals surface area contributed by atoms with Crippen molar-refractivity contribution < 1.29 is 9.53 Å². The molecule has 17 heavy (non-hydrogen) atoms. The summed E-state index contributed by atoms with van der Waals surface area (Å²) in [6.07, 6.45) is 1.10. The predicted molar refractivity (Wildman–Crippen MR) is 67.8 cm³/mol. The normalized spacial score (nSPS) is 22.8. The number of ether oxygens (including phenoxy) is 1. The van der Waals surface area contributed by atoms with Crippen LogP contribution in [0.2, 0.25) is 0 Å². The molecule has 5 nitrogen and oxygen atoms in total. The lowest BCUT2D eigenvalue weighted by atomic mass is 10.1. The largest absolute Gasteiger partial charge is 0.380 e. The van der Waals surface area contributed by atoms with Gasteiger partial charge < -0.3 is 10.5 Å². The number of rotatable bonds is 7. The highest BCUT2D eigenvalue weighted by Crippen LogP contribution is 2.12. The lowest BCUT2D eigenvalue weighted by molar-refractivity contribution is -0.119. The maximum Gasteiger partial charge on any atom is 0.231 e. The molecule has 1 fully saturated rings. The van der Waals surface area contributed by atoms with Gasteiger partial charge in [0.1, 0.15) is 0 Å². The number of carbonyl (C=O) groups is 1. The van der Waals surface area contributed by atoms with Crippen molar-refractivity contribution in [2.45, 2.75) is 26.3 Å². The summed E-state index contributed by atoms with van der Waals surface area (Å²) in [5.41, 5.74) is 5.23. The van der Waals surface area contributed by atoms with Crippen LogP contribution in [0.4, 0.5) is 0 Å². The van der Waals surface area contributed by atoms with Crippen molar-refractivity contribution in [2.24, 2.45) is 5.73 Å². The zero-order chi connectivity index (χ0) is 12.7. The van der Waals surface area contributed by atoms with Gasteiger partial charge in [0.25, 0.3) is 0 Å². The van der Waals surface area contributed by atoms with Gasteiger partial charge in [-0.2, -0.15) is 0 Å². The highest BCUT2D eigenvalue weighted by Gasteiger charge is 2.25. The maximum atomic E-state index is 10.9. The van der Waals surface area contributed by atoms with Gasteiger partial charge in [0.15, 0.2) is 0 Å². The summed E-state index contributed by atoms with van der Waals surface area (Å²) in [6.45, 7) is 10.00. The van der Waals surface area contributed by atoms with E-state index in [-0.39, 0.29) is 5.91 Å². The Morgan fingerprint density at radius 1 is 1.41 bits per heavy atom. The van der Waals surface area contributed by atoms with E-state index in [2.05, 4.69) is 16.7 Å². The van der Waals surface area contributed by atoms with Crippen molar-refractivity contribution in [2.75, 3.05) is 45.9 Å². The molecule has 0 bridgehead atoms. The molecule has 1 unspecified atom stereocenters. The molecular weight excluding hydrogens is 218 g/mol. The summed E-state index contributed by atoms with van der Waals surface area (Å²) in [4.78, 5) is 15.5. The van der Waals surface area contributed by atoms with Crippen LogP contribution in [0.25, 0.3) is 0 Å². The molecule has 2 N–H and O–H groups in total. The molecule has 0 aliphatic carbocycles. The number of nitrogens with zero attached hydrogens (tertiary/aromatic N) is 2. The van der Waals surface area contributed by atoms with E-state index in [1.165, 1.54) is 0 Å². The van der Waals surface area contributed by atoms with Crippen LogP contribution in [-0.2, 0) is 9.53 Å². The van der Waals surface area contributed by atoms with Gasteiger partial charge in [0.05, 0.1) is 13.2 Å². The molecule has 0 aromatic rings. The van der Waals surface area contributed by atoms with Crippen molar-refractivity contribution in [3.63, 3.8) is 0 Å². The minimum absolute atomic E-state index is 0.234. The minimum Gasteiger partial charge on any atom is -0.380 e. The Morgan fingerprint density at radius 3 is 2.76 bits per heavy atom. The van der Waals surface area contributed by atoms with Crippen LogP contribution in [0.1, 0.15) is 20.3 Å². The Balaban J connectivity index is 2.35. The number of hydrogen-bond donors (Lipinski definition) is 1. The summed E-state index contributed by atoms with van der Waals surface area (Å²) in [5.74, 6) is -0.234. The molecule has 1 saturated heterocycles. The Hall–Kier alpha value is -0.650. The molecule has 1 atom stereocenters. The van der Waals surface area contributed by atoms with Crippen LogP contribution in [0.15, 0.2) is 0 Å². The van der Waals surface area contributed by atoms with Crippen molar-refractivity contribution in [3.8, 4) is 0 Å². The zero-order valence-corrected chi connectivity index (χ0v) is 11.0. The first kappa shape index (κ1) is 14.4. The highest BCUT2D eigenvalue weighted by molar-refractivity contribution is 5.75. The highest BCUT2D eigenvalue weighted by atomic mass is 16.5. The van der Waals surface area contributed by atoms with E-state index in [9.17, 15) is 4.79 Å². The van der Waals surface area contributed by atoms with Gasteiger partial charge in [-0.1, -0.05) is 6.92 Å². The topological polar surface area (TPSA) is 58.8 Å². The number of carbonyl (C=O) groups excluding carboxylic acids is 1. The average molecular weight is 243 g/mol. The third-order valence-corrected chi connectivity index (χ3v) is 3.27. The standard InChI is InChI=1S/C12H25N3O2/c1-3-11-9-14(10-12(13)16)5-6-15(11)7-8-17-4-2/h11H,3-10H2,1-2H3,(H2,13,16). The average Bonchev–Trinajstić information content (AvgIpc) is 2.30. The van der Waals surface area contributed by atoms with E-state index in [0.717, 1.165) is 45.8 Å². The first-order valence-electron chi connectivity index (χ1n) is 6.49. The Kier molecular flexibility index (Phi) is 6.47. The first-order valence-corrected chi connectivity index (χ1v) is 6.49. The van der Waals surface area contributed by atoms with Crippen molar-refractivity contribution in [1.82, 2.24) is 9.80 Å². The van der Waals surface area contributed by atoms with Crippen LogP contribution < -0.4 is 5.73 Å². The number of primary amides is 1. The molecule has 0 aromatic carbocycles. The molecule has 1 aliphatic rings. The van der Waals surface area contributed by atoms with Crippen LogP contribution in [0, 0.1) is 0 Å². The smallest absolute Gasteiger partial charge is 0.231 e.